The average molecular weight is 284 g/mol. The highest BCUT2D eigenvalue weighted by Gasteiger charge is 2.18. The third kappa shape index (κ3) is 4.46. The van der Waals surface area contributed by atoms with Crippen LogP contribution in [0.15, 0.2) is 18.2 Å². The predicted octanol–water partition coefficient (Wildman–Crippen LogP) is 2.35. The van der Waals surface area contributed by atoms with Gasteiger partial charge in [0.05, 0.1) is 0 Å². The summed E-state index contributed by atoms with van der Waals surface area (Å²) in [6.45, 7) is -0.541. The molecule has 0 bridgehead atoms. The molecule has 0 spiro atoms. The number of hydrogen-bond donors (Lipinski definition) is 2. The van der Waals surface area contributed by atoms with Gasteiger partial charge in [-0.3, -0.25) is 4.79 Å². The van der Waals surface area contributed by atoms with Gasteiger partial charge >= 0.3 is 0 Å². The van der Waals surface area contributed by atoms with Gasteiger partial charge in [-0.25, -0.2) is 8.78 Å². The van der Waals surface area contributed by atoms with Gasteiger partial charge < -0.3 is 10.4 Å². The Labute approximate surface area is 106 Å². The van der Waals surface area contributed by atoms with E-state index in [1.165, 1.54) is 18.2 Å². The van der Waals surface area contributed by atoms with E-state index in [1.807, 2.05) is 0 Å². The van der Waals surface area contributed by atoms with E-state index in [0.29, 0.717) is 0 Å². The van der Waals surface area contributed by atoms with Crippen molar-refractivity contribution in [3.05, 3.63) is 33.8 Å². The number of rotatable bonds is 4. The van der Waals surface area contributed by atoms with Crippen LogP contribution in [0.5, 0.6) is 0 Å². The molecule has 0 aliphatic carbocycles. The summed E-state index contributed by atoms with van der Waals surface area (Å²) in [5.74, 6) is -0.630. The zero-order valence-corrected chi connectivity index (χ0v) is 9.97. The molecule has 17 heavy (non-hydrogen) atoms. The summed E-state index contributed by atoms with van der Waals surface area (Å²) >= 11 is 11.3. The first-order valence-corrected chi connectivity index (χ1v) is 5.36. The number of alkyl halides is 2. The van der Waals surface area contributed by atoms with E-state index in [2.05, 4.69) is 5.32 Å². The predicted molar refractivity (Wildman–Crippen MR) is 60.8 cm³/mol. The van der Waals surface area contributed by atoms with Crippen molar-refractivity contribution in [1.82, 2.24) is 5.32 Å². The molecule has 0 saturated heterocycles. The van der Waals surface area contributed by atoms with Crippen LogP contribution in [0, 0.1) is 0 Å². The van der Waals surface area contributed by atoms with E-state index in [-0.39, 0.29) is 15.6 Å². The highest BCUT2D eigenvalue weighted by atomic mass is 35.5. The Hall–Kier alpha value is -0.910. The number of amides is 1. The van der Waals surface area contributed by atoms with Crippen LogP contribution in [-0.4, -0.2) is 30.1 Å². The lowest BCUT2D eigenvalue weighted by Crippen LogP contribution is -2.35. The minimum absolute atomic E-state index is 0.143. The second-order valence-corrected chi connectivity index (χ2v) is 4.14. The standard InChI is InChI=1S/C10H9Cl2F2NO2/c11-6-1-5(2-7(12)3-6)10(17)15-4-8(16)9(13)14/h1-3,8-9,16H,4H2,(H,15,17). The number of aliphatic hydroxyl groups is 1. The van der Waals surface area contributed by atoms with Crippen molar-refractivity contribution in [2.75, 3.05) is 6.54 Å². The summed E-state index contributed by atoms with van der Waals surface area (Å²) in [7, 11) is 0. The summed E-state index contributed by atoms with van der Waals surface area (Å²) in [5.41, 5.74) is 0.143. The van der Waals surface area contributed by atoms with Crippen molar-refractivity contribution < 1.29 is 18.7 Å². The Balaban J connectivity index is 2.64. The van der Waals surface area contributed by atoms with Crippen LogP contribution in [-0.2, 0) is 0 Å². The van der Waals surface area contributed by atoms with E-state index in [9.17, 15) is 13.6 Å². The number of nitrogens with one attached hydrogen (secondary N) is 1. The maximum absolute atomic E-state index is 12.0. The molecular formula is C10H9Cl2F2NO2. The van der Waals surface area contributed by atoms with Gasteiger partial charge in [-0.05, 0) is 18.2 Å². The number of benzene rings is 1. The van der Waals surface area contributed by atoms with Crippen LogP contribution in [0.3, 0.4) is 0 Å². The molecule has 7 heteroatoms. The molecule has 0 aliphatic heterocycles. The van der Waals surface area contributed by atoms with E-state index < -0.39 is 25.0 Å². The minimum atomic E-state index is -2.90. The molecule has 1 aromatic rings. The number of hydrogen-bond acceptors (Lipinski definition) is 2. The van der Waals surface area contributed by atoms with Crippen LogP contribution >= 0.6 is 23.2 Å². The number of aliphatic hydroxyl groups excluding tert-OH is 1. The van der Waals surface area contributed by atoms with E-state index in [4.69, 9.17) is 28.3 Å². The topological polar surface area (TPSA) is 49.3 Å². The molecular weight excluding hydrogens is 275 g/mol. The molecule has 0 heterocycles. The molecule has 1 aromatic carbocycles. The molecule has 94 valence electrons. The number of halogens is 4. The van der Waals surface area contributed by atoms with Crippen LogP contribution in [0.2, 0.25) is 10.0 Å². The van der Waals surface area contributed by atoms with Crippen LogP contribution in [0.1, 0.15) is 10.4 Å². The summed E-state index contributed by atoms with van der Waals surface area (Å²) in [6, 6.07) is 4.13. The molecule has 0 saturated carbocycles. The summed E-state index contributed by atoms with van der Waals surface area (Å²) in [4.78, 5) is 11.5. The van der Waals surface area contributed by atoms with Gasteiger partial charge in [-0.1, -0.05) is 23.2 Å². The Bertz CT molecular complexity index is 395. The Kier molecular flexibility index (Phi) is 5.11. The van der Waals surface area contributed by atoms with E-state index in [0.717, 1.165) is 0 Å². The summed E-state index contributed by atoms with van der Waals surface area (Å²) < 4.78 is 23.9. The zero-order chi connectivity index (χ0) is 13.0. The molecule has 1 unspecified atom stereocenters. The van der Waals surface area contributed by atoms with Crippen molar-refractivity contribution >= 4 is 29.1 Å². The number of carbonyl (C=O) groups excluding carboxylic acids is 1. The summed E-state index contributed by atoms with van der Waals surface area (Å²) in [6.07, 6.45) is -4.80. The highest BCUT2D eigenvalue weighted by Crippen LogP contribution is 2.18. The lowest BCUT2D eigenvalue weighted by Gasteiger charge is -2.10. The lowest BCUT2D eigenvalue weighted by atomic mass is 10.2. The second kappa shape index (κ2) is 6.14. The van der Waals surface area contributed by atoms with Gasteiger partial charge in [0.1, 0.15) is 6.10 Å². The maximum Gasteiger partial charge on any atom is 0.265 e. The maximum atomic E-state index is 12.0. The van der Waals surface area contributed by atoms with Gasteiger partial charge in [-0.2, -0.15) is 0 Å². The molecule has 0 aromatic heterocycles. The molecule has 0 aliphatic rings. The zero-order valence-electron chi connectivity index (χ0n) is 8.46. The minimum Gasteiger partial charge on any atom is -0.385 e. The van der Waals surface area contributed by atoms with Gasteiger partial charge in [-0.15, -0.1) is 0 Å². The third-order valence-corrected chi connectivity index (χ3v) is 2.32. The largest absolute Gasteiger partial charge is 0.385 e. The van der Waals surface area contributed by atoms with Crippen LogP contribution in [0.4, 0.5) is 8.78 Å². The van der Waals surface area contributed by atoms with Crippen molar-refractivity contribution in [2.45, 2.75) is 12.5 Å². The quantitative estimate of drug-likeness (QED) is 0.891. The van der Waals surface area contributed by atoms with Crippen molar-refractivity contribution in [2.24, 2.45) is 0 Å². The SMILES string of the molecule is O=C(NCC(O)C(F)F)c1cc(Cl)cc(Cl)c1. The first-order valence-electron chi connectivity index (χ1n) is 4.60. The first kappa shape index (κ1) is 14.2. The van der Waals surface area contributed by atoms with E-state index >= 15 is 0 Å². The van der Waals surface area contributed by atoms with Gasteiger partial charge in [0, 0.05) is 22.2 Å². The first-order chi connectivity index (χ1) is 7.90. The van der Waals surface area contributed by atoms with Crippen LogP contribution < -0.4 is 5.32 Å². The monoisotopic (exact) mass is 283 g/mol. The fraction of sp³-hybridized carbons (Fsp3) is 0.300. The molecule has 3 nitrogen and oxygen atoms in total. The average Bonchev–Trinajstić information content (AvgIpc) is 2.23. The van der Waals surface area contributed by atoms with Gasteiger partial charge in [0.25, 0.3) is 12.3 Å². The molecule has 1 amide bonds. The lowest BCUT2D eigenvalue weighted by molar-refractivity contribution is -0.00270. The summed E-state index contributed by atoms with van der Waals surface area (Å²) in [5, 5.41) is 11.5. The van der Waals surface area contributed by atoms with Crippen molar-refractivity contribution in [1.29, 1.82) is 0 Å². The molecule has 1 atom stereocenters. The van der Waals surface area contributed by atoms with Crippen molar-refractivity contribution in [3.8, 4) is 0 Å². The molecule has 0 radical (unpaired) electrons. The smallest absolute Gasteiger partial charge is 0.265 e. The van der Waals surface area contributed by atoms with Gasteiger partial charge in [0.15, 0.2) is 0 Å². The normalized spacial score (nSPS) is 12.6. The Morgan fingerprint density at radius 1 is 1.29 bits per heavy atom. The fourth-order valence-electron chi connectivity index (χ4n) is 1.07. The molecule has 2 N–H and O–H groups in total. The van der Waals surface area contributed by atoms with Gasteiger partial charge in [0.2, 0.25) is 0 Å². The van der Waals surface area contributed by atoms with E-state index in [1.54, 1.807) is 0 Å². The second-order valence-electron chi connectivity index (χ2n) is 3.27. The molecule has 1 rings (SSSR count). The highest BCUT2D eigenvalue weighted by molar-refractivity contribution is 6.35. The van der Waals surface area contributed by atoms with Crippen molar-refractivity contribution in [3.63, 3.8) is 0 Å². The third-order valence-electron chi connectivity index (χ3n) is 1.89. The Morgan fingerprint density at radius 2 is 1.82 bits per heavy atom. The fourth-order valence-corrected chi connectivity index (χ4v) is 1.60. The Morgan fingerprint density at radius 3 is 2.29 bits per heavy atom. The molecule has 0 fully saturated rings. The van der Waals surface area contributed by atoms with Crippen LogP contribution in [0.25, 0.3) is 0 Å². The number of carbonyl (C=O) groups is 1.